The van der Waals surface area contributed by atoms with Gasteiger partial charge in [-0.25, -0.2) is 0 Å². The first-order chi connectivity index (χ1) is 53.1. The van der Waals surface area contributed by atoms with Gasteiger partial charge < -0.3 is 48.8 Å². The van der Waals surface area contributed by atoms with E-state index in [9.17, 15) is 28.3 Å². The number of unbranched alkanes of at least 4 members (excludes halogenated alkanes) is 50. The smallest absolute Gasteiger partial charge is 0.327 e. The molecule has 4 N–H and O–H groups in total. The monoisotopic (exact) mass is 1590 g/mol. The number of carbonyl (C=O) groups excluding carboxylic acids is 4. The van der Waals surface area contributed by atoms with Gasteiger partial charge in [0.2, 0.25) is 23.6 Å². The Labute approximate surface area is 674 Å². The molecule has 0 fully saturated rings. The standard InChI is InChI=1S/C91H182N4O12P2/c1-9-15-21-27-31-35-39-43-46-50-56-62-68-85(66-60-54-26-20-14-6)72-76-103-81-87(95-89(97)70-64-58-52-48-44-40-36-32-28-22-16-10-2)83-107-109(8,101)105-78-74-93-91(99)79-90(98)92-73-77-104-108(7,100)106-82-86(94-88(96)69-63-57-51-47-42-38-34-30-24-18-12-4)80-102-75-71-84(65-59-53-25-19-13-5)67-61-55-49-45-41-37-33-29-23-17-11-3/h84-87H,9-83H2,1-8H3,(H,92,98)(H,93,99)(H,94,96)(H,95,97). The van der Waals surface area contributed by atoms with Gasteiger partial charge >= 0.3 is 15.2 Å². The van der Waals surface area contributed by atoms with Gasteiger partial charge in [-0.05, 0) is 37.5 Å². The van der Waals surface area contributed by atoms with Crippen LogP contribution in [0.1, 0.15) is 459 Å². The van der Waals surface area contributed by atoms with E-state index in [1.54, 1.807) is 0 Å². The Bertz CT molecular complexity index is 2070. The van der Waals surface area contributed by atoms with Crippen molar-refractivity contribution in [1.82, 2.24) is 21.3 Å². The molecule has 0 radical (unpaired) electrons. The summed E-state index contributed by atoms with van der Waals surface area (Å²) in [5.41, 5.74) is 0. The molecule has 0 rings (SSSR count). The molecule has 0 aromatic rings. The molecule has 6 atom stereocenters. The molecule has 0 aromatic carbocycles. The highest BCUT2D eigenvalue weighted by molar-refractivity contribution is 7.53. The van der Waals surface area contributed by atoms with Crippen LogP contribution in [0.2, 0.25) is 0 Å². The fraction of sp³-hybridized carbons (Fsp3) is 0.956. The topological polar surface area (TPSA) is 206 Å². The molecule has 648 valence electrons. The summed E-state index contributed by atoms with van der Waals surface area (Å²) in [6.07, 6.45) is 78.6. The lowest BCUT2D eigenvalue weighted by atomic mass is 9.91. The minimum atomic E-state index is -3.63. The first-order valence-corrected chi connectivity index (χ1v) is 51.1. The quantitative estimate of drug-likeness (QED) is 0.0255. The van der Waals surface area contributed by atoms with Crippen molar-refractivity contribution in [2.75, 3.05) is 79.3 Å². The summed E-state index contributed by atoms with van der Waals surface area (Å²) in [4.78, 5) is 52.5. The average molecular weight is 1590 g/mol. The summed E-state index contributed by atoms with van der Waals surface area (Å²) in [5, 5.41) is 11.6. The molecule has 6 unspecified atom stereocenters. The van der Waals surface area contributed by atoms with Crippen LogP contribution >= 0.6 is 15.2 Å². The molecule has 4 amide bonds. The minimum absolute atomic E-state index is 0.0147. The van der Waals surface area contributed by atoms with Gasteiger partial charge in [0.25, 0.3) is 0 Å². The Morgan fingerprint density at radius 3 is 0.716 bits per heavy atom. The fourth-order valence-corrected chi connectivity index (χ4v) is 16.7. The van der Waals surface area contributed by atoms with E-state index in [0.717, 1.165) is 51.4 Å². The van der Waals surface area contributed by atoms with Gasteiger partial charge in [-0.2, -0.15) is 0 Å². The number of ether oxygens (including phenoxy) is 2. The van der Waals surface area contributed by atoms with Gasteiger partial charge in [0.1, 0.15) is 6.42 Å². The van der Waals surface area contributed by atoms with Gasteiger partial charge in [0.05, 0.1) is 51.7 Å². The highest BCUT2D eigenvalue weighted by Crippen LogP contribution is 2.44. The third-order valence-electron chi connectivity index (χ3n) is 21.9. The molecule has 0 aliphatic carbocycles. The van der Waals surface area contributed by atoms with Crippen LogP contribution in [0.4, 0.5) is 0 Å². The maximum absolute atomic E-state index is 13.7. The Kier molecular flexibility index (Phi) is 81.2. The van der Waals surface area contributed by atoms with Gasteiger partial charge in [0.15, 0.2) is 0 Å². The average Bonchev–Trinajstić information content (AvgIpc) is 0.918. The Morgan fingerprint density at radius 1 is 0.257 bits per heavy atom. The van der Waals surface area contributed by atoms with E-state index in [-0.39, 0.29) is 64.5 Å². The molecule has 109 heavy (non-hydrogen) atoms. The van der Waals surface area contributed by atoms with E-state index in [1.165, 1.54) is 360 Å². The highest BCUT2D eigenvalue weighted by Gasteiger charge is 2.25. The minimum Gasteiger partial charge on any atom is -0.379 e. The summed E-state index contributed by atoms with van der Waals surface area (Å²) in [6, 6.07) is -1.04. The SMILES string of the molecule is CCCCCCCCCCCCCCC(=O)NC(COCCC(CCCCCCC)CCCCCCCCCCCCCC)COP(C)(=O)OCCNC(=O)CC(=O)NCCOP(C)(=O)OCC(COCCC(CCCCCCC)CCCCCCCCCCCCC)NC(=O)CCCCCCCCCCCCC. The van der Waals surface area contributed by atoms with Crippen molar-refractivity contribution in [1.29, 1.82) is 0 Å². The highest BCUT2D eigenvalue weighted by atomic mass is 31.2. The molecule has 0 aliphatic rings. The summed E-state index contributed by atoms with van der Waals surface area (Å²) in [5.74, 6) is -0.0417. The molecule has 0 aromatic heterocycles. The second-order valence-electron chi connectivity index (χ2n) is 33.0. The number of hydrogen-bond donors (Lipinski definition) is 4. The summed E-state index contributed by atoms with van der Waals surface area (Å²) in [6.45, 7) is 17.6. The van der Waals surface area contributed by atoms with E-state index < -0.39 is 45.5 Å². The third kappa shape index (κ3) is 79.7. The molecule has 16 nitrogen and oxygen atoms in total. The van der Waals surface area contributed by atoms with E-state index in [0.29, 0.717) is 37.9 Å². The van der Waals surface area contributed by atoms with Crippen molar-refractivity contribution >= 4 is 38.8 Å². The van der Waals surface area contributed by atoms with Gasteiger partial charge in [-0.1, -0.05) is 414 Å². The molecule has 0 heterocycles. The summed E-state index contributed by atoms with van der Waals surface area (Å²) in [7, 11) is -7.26. The first-order valence-electron chi connectivity index (χ1n) is 47.1. The maximum atomic E-state index is 13.7. The van der Waals surface area contributed by atoms with Gasteiger partial charge in [0, 0.05) is 52.5 Å². The Morgan fingerprint density at radius 2 is 0.477 bits per heavy atom. The number of hydrogen-bond acceptors (Lipinski definition) is 12. The van der Waals surface area contributed by atoms with Crippen LogP contribution in [0.3, 0.4) is 0 Å². The van der Waals surface area contributed by atoms with Crippen LogP contribution in [0, 0.1) is 11.8 Å². The first kappa shape index (κ1) is 107. The summed E-state index contributed by atoms with van der Waals surface area (Å²) >= 11 is 0. The van der Waals surface area contributed by atoms with Crippen LogP contribution in [0.25, 0.3) is 0 Å². The van der Waals surface area contributed by atoms with Crippen molar-refractivity contribution < 1.29 is 55.9 Å². The molecule has 0 aliphatic heterocycles. The second-order valence-corrected chi connectivity index (χ2v) is 37.1. The van der Waals surface area contributed by atoms with Crippen LogP contribution in [0.15, 0.2) is 0 Å². The fourth-order valence-electron chi connectivity index (χ4n) is 14.8. The van der Waals surface area contributed by atoms with Crippen LogP contribution in [-0.2, 0) is 55.9 Å². The normalized spacial score (nSPS) is 13.9. The largest absolute Gasteiger partial charge is 0.379 e. The van der Waals surface area contributed by atoms with Crippen LogP contribution in [-0.4, -0.2) is 115 Å². The molecule has 18 heteroatoms. The van der Waals surface area contributed by atoms with Crippen molar-refractivity contribution in [3.63, 3.8) is 0 Å². The number of rotatable bonds is 90. The van der Waals surface area contributed by atoms with Gasteiger partial charge in [-0.15, -0.1) is 0 Å². The number of nitrogens with one attached hydrogen (secondary N) is 4. The third-order valence-corrected chi connectivity index (χ3v) is 24.5. The van der Waals surface area contributed by atoms with E-state index in [1.807, 2.05) is 0 Å². The zero-order valence-corrected chi connectivity index (χ0v) is 74.9. The molecular weight excluding hydrogens is 1400 g/mol. The molecular formula is C91H182N4O12P2. The predicted molar refractivity (Wildman–Crippen MR) is 464 cm³/mol. The zero-order chi connectivity index (χ0) is 79.7. The lowest BCUT2D eigenvalue weighted by Crippen LogP contribution is -2.41. The van der Waals surface area contributed by atoms with Crippen molar-refractivity contribution in [3.8, 4) is 0 Å². The molecule has 0 saturated carbocycles. The van der Waals surface area contributed by atoms with E-state index in [4.69, 9.17) is 27.6 Å². The molecule has 0 bridgehead atoms. The number of carbonyl (C=O) groups is 4. The zero-order valence-electron chi connectivity index (χ0n) is 73.1. The Hall–Kier alpha value is -1.90. The summed E-state index contributed by atoms with van der Waals surface area (Å²) < 4.78 is 63.1. The maximum Gasteiger partial charge on any atom is 0.327 e. The van der Waals surface area contributed by atoms with Crippen molar-refractivity contribution in [2.45, 2.75) is 471 Å². The van der Waals surface area contributed by atoms with E-state index >= 15 is 0 Å². The number of amides is 4. The lowest BCUT2D eigenvalue weighted by Gasteiger charge is -2.23. The van der Waals surface area contributed by atoms with E-state index in [2.05, 4.69) is 62.8 Å². The molecule has 0 spiro atoms. The van der Waals surface area contributed by atoms with Crippen molar-refractivity contribution in [3.05, 3.63) is 0 Å². The Balaban J connectivity index is 5.44. The predicted octanol–water partition coefficient (Wildman–Crippen LogP) is 26.6. The second kappa shape index (κ2) is 82.6. The van der Waals surface area contributed by atoms with Crippen LogP contribution in [0.5, 0.6) is 0 Å². The molecule has 0 saturated heterocycles. The lowest BCUT2D eigenvalue weighted by molar-refractivity contribution is -0.129. The van der Waals surface area contributed by atoms with Gasteiger partial charge in [-0.3, -0.25) is 28.3 Å². The van der Waals surface area contributed by atoms with Crippen molar-refractivity contribution in [2.24, 2.45) is 11.8 Å². The van der Waals surface area contributed by atoms with Crippen LogP contribution < -0.4 is 21.3 Å².